The highest BCUT2D eigenvalue weighted by Crippen LogP contribution is 2.18. The molecule has 0 spiro atoms. The molecule has 0 radical (unpaired) electrons. The van der Waals surface area contributed by atoms with E-state index in [1.165, 1.54) is 11.9 Å². The SMILES string of the molecule is CC(C)COc1cccc(C(=O)OCC(=O)N(C)CC(=O)NC2CC2)c1. The fourth-order valence-corrected chi connectivity index (χ4v) is 2.10. The van der Waals surface area contributed by atoms with Crippen molar-refractivity contribution in [3.63, 3.8) is 0 Å². The van der Waals surface area contributed by atoms with Gasteiger partial charge in [-0.1, -0.05) is 19.9 Å². The second kappa shape index (κ2) is 9.22. The maximum atomic E-state index is 12.1. The molecule has 0 atom stereocenters. The van der Waals surface area contributed by atoms with Crippen molar-refractivity contribution in [3.05, 3.63) is 29.8 Å². The Morgan fingerprint density at radius 3 is 2.65 bits per heavy atom. The van der Waals surface area contributed by atoms with E-state index >= 15 is 0 Å². The van der Waals surface area contributed by atoms with Gasteiger partial charge in [-0.25, -0.2) is 4.79 Å². The summed E-state index contributed by atoms with van der Waals surface area (Å²) in [5.41, 5.74) is 0.313. The monoisotopic (exact) mass is 362 g/mol. The fraction of sp³-hybridized carbons (Fsp3) is 0.526. The molecule has 0 unspecified atom stereocenters. The van der Waals surface area contributed by atoms with E-state index in [4.69, 9.17) is 9.47 Å². The number of hydrogen-bond donors (Lipinski definition) is 1. The van der Waals surface area contributed by atoms with Crippen molar-refractivity contribution in [1.82, 2.24) is 10.2 Å². The predicted octanol–water partition coefficient (Wildman–Crippen LogP) is 1.62. The van der Waals surface area contributed by atoms with Crippen LogP contribution < -0.4 is 10.1 Å². The van der Waals surface area contributed by atoms with Gasteiger partial charge in [0.25, 0.3) is 5.91 Å². The molecule has 142 valence electrons. The number of carbonyl (C=O) groups excluding carboxylic acids is 3. The zero-order valence-corrected chi connectivity index (χ0v) is 15.5. The van der Waals surface area contributed by atoms with E-state index in [-0.39, 0.29) is 18.5 Å². The van der Waals surface area contributed by atoms with Crippen LogP contribution in [0, 0.1) is 5.92 Å². The minimum absolute atomic E-state index is 0.0502. The maximum Gasteiger partial charge on any atom is 0.338 e. The van der Waals surface area contributed by atoms with E-state index in [1.807, 2.05) is 13.8 Å². The van der Waals surface area contributed by atoms with Crippen molar-refractivity contribution in [2.24, 2.45) is 5.92 Å². The number of rotatable bonds is 9. The largest absolute Gasteiger partial charge is 0.493 e. The van der Waals surface area contributed by atoms with E-state index in [1.54, 1.807) is 24.3 Å². The van der Waals surface area contributed by atoms with Gasteiger partial charge in [0.2, 0.25) is 5.91 Å². The standard InChI is InChI=1S/C19H26N2O5/c1-13(2)11-25-16-6-4-5-14(9-16)19(24)26-12-18(23)21(3)10-17(22)20-15-7-8-15/h4-6,9,13,15H,7-8,10-12H2,1-3H3,(H,20,22). The summed E-state index contributed by atoms with van der Waals surface area (Å²) in [6, 6.07) is 6.89. The lowest BCUT2D eigenvalue weighted by Gasteiger charge is -2.16. The molecule has 7 nitrogen and oxygen atoms in total. The van der Waals surface area contributed by atoms with Gasteiger partial charge >= 0.3 is 5.97 Å². The molecule has 1 saturated carbocycles. The molecular formula is C19H26N2O5. The van der Waals surface area contributed by atoms with Crippen molar-refractivity contribution in [2.75, 3.05) is 26.8 Å². The molecule has 0 aromatic heterocycles. The predicted molar refractivity (Wildman–Crippen MR) is 95.9 cm³/mol. The van der Waals surface area contributed by atoms with Crippen LogP contribution in [0.25, 0.3) is 0 Å². The summed E-state index contributed by atoms with van der Waals surface area (Å²) in [6.07, 6.45) is 1.97. The van der Waals surface area contributed by atoms with Crippen LogP contribution in [-0.4, -0.2) is 55.5 Å². The first-order chi connectivity index (χ1) is 12.3. The highest BCUT2D eigenvalue weighted by molar-refractivity contribution is 5.92. The number of ether oxygens (including phenoxy) is 2. The molecule has 1 aromatic rings. The molecule has 1 N–H and O–H groups in total. The first kappa shape index (κ1) is 19.8. The maximum absolute atomic E-state index is 12.1. The van der Waals surface area contributed by atoms with E-state index in [2.05, 4.69) is 5.32 Å². The van der Waals surface area contributed by atoms with E-state index in [9.17, 15) is 14.4 Å². The molecule has 2 rings (SSSR count). The number of esters is 1. The molecule has 2 amide bonds. The van der Waals surface area contributed by atoms with Gasteiger partial charge < -0.3 is 19.7 Å². The Balaban J connectivity index is 1.78. The van der Waals surface area contributed by atoms with Gasteiger partial charge in [-0.2, -0.15) is 0 Å². The zero-order chi connectivity index (χ0) is 19.1. The van der Waals surface area contributed by atoms with Gasteiger partial charge in [-0.05, 0) is 37.0 Å². The molecule has 1 aliphatic rings. The first-order valence-electron chi connectivity index (χ1n) is 8.78. The second-order valence-corrected chi connectivity index (χ2v) is 6.90. The lowest BCUT2D eigenvalue weighted by atomic mass is 10.2. The number of likely N-dealkylation sites (N-methyl/N-ethyl adjacent to an activating group) is 1. The number of amides is 2. The smallest absolute Gasteiger partial charge is 0.338 e. The molecular weight excluding hydrogens is 336 g/mol. The van der Waals surface area contributed by atoms with Crippen LogP contribution >= 0.6 is 0 Å². The molecule has 1 fully saturated rings. The zero-order valence-electron chi connectivity index (χ0n) is 15.5. The lowest BCUT2D eigenvalue weighted by Crippen LogP contribution is -2.40. The first-order valence-corrected chi connectivity index (χ1v) is 8.78. The minimum Gasteiger partial charge on any atom is -0.493 e. The highest BCUT2D eigenvalue weighted by Gasteiger charge is 2.24. The topological polar surface area (TPSA) is 84.9 Å². The molecule has 26 heavy (non-hydrogen) atoms. The van der Waals surface area contributed by atoms with Gasteiger partial charge in [-0.3, -0.25) is 9.59 Å². The van der Waals surface area contributed by atoms with Crippen LogP contribution in [0.1, 0.15) is 37.0 Å². The summed E-state index contributed by atoms with van der Waals surface area (Å²) in [4.78, 5) is 37.0. The molecule has 1 aliphatic carbocycles. The van der Waals surface area contributed by atoms with E-state index in [0.717, 1.165) is 12.8 Å². The number of benzene rings is 1. The Labute approximate surface area is 153 Å². The molecule has 7 heteroatoms. The van der Waals surface area contributed by atoms with Gasteiger partial charge in [0.05, 0.1) is 18.7 Å². The molecule has 0 bridgehead atoms. The Hall–Kier alpha value is -2.57. The Morgan fingerprint density at radius 2 is 2.00 bits per heavy atom. The van der Waals surface area contributed by atoms with E-state index in [0.29, 0.717) is 23.8 Å². The summed E-state index contributed by atoms with van der Waals surface area (Å²) in [5.74, 6) is -0.297. The van der Waals surface area contributed by atoms with Crippen molar-refractivity contribution >= 4 is 17.8 Å². The Morgan fingerprint density at radius 1 is 1.27 bits per heavy atom. The van der Waals surface area contributed by atoms with Gasteiger partial charge in [0.15, 0.2) is 6.61 Å². The third-order valence-electron chi connectivity index (χ3n) is 3.73. The second-order valence-electron chi connectivity index (χ2n) is 6.90. The van der Waals surface area contributed by atoms with Crippen LogP contribution in [0.3, 0.4) is 0 Å². The normalized spacial score (nSPS) is 13.2. The van der Waals surface area contributed by atoms with Gasteiger partial charge in [0.1, 0.15) is 5.75 Å². The molecule has 0 aliphatic heterocycles. The van der Waals surface area contributed by atoms with Gasteiger partial charge in [-0.15, -0.1) is 0 Å². The summed E-state index contributed by atoms with van der Waals surface area (Å²) in [6.45, 7) is 4.15. The van der Waals surface area contributed by atoms with Crippen molar-refractivity contribution in [2.45, 2.75) is 32.7 Å². The summed E-state index contributed by atoms with van der Waals surface area (Å²) < 4.78 is 10.6. The van der Waals surface area contributed by atoms with Crippen LogP contribution in [0.5, 0.6) is 5.75 Å². The van der Waals surface area contributed by atoms with Crippen molar-refractivity contribution < 1.29 is 23.9 Å². The third kappa shape index (κ3) is 6.74. The summed E-state index contributed by atoms with van der Waals surface area (Å²) in [7, 11) is 1.50. The van der Waals surface area contributed by atoms with Crippen LogP contribution in [0.15, 0.2) is 24.3 Å². The average Bonchev–Trinajstić information content (AvgIpc) is 3.41. The van der Waals surface area contributed by atoms with Crippen LogP contribution in [0.4, 0.5) is 0 Å². The lowest BCUT2D eigenvalue weighted by molar-refractivity contribution is -0.137. The minimum atomic E-state index is -0.607. The fourth-order valence-electron chi connectivity index (χ4n) is 2.10. The van der Waals surface area contributed by atoms with Crippen LogP contribution in [-0.2, 0) is 14.3 Å². The Kier molecular flexibility index (Phi) is 7.00. The summed E-state index contributed by atoms with van der Waals surface area (Å²) in [5, 5.41) is 2.80. The number of hydrogen-bond acceptors (Lipinski definition) is 5. The van der Waals surface area contributed by atoms with Crippen molar-refractivity contribution in [3.8, 4) is 5.75 Å². The van der Waals surface area contributed by atoms with Crippen molar-refractivity contribution in [1.29, 1.82) is 0 Å². The average molecular weight is 362 g/mol. The quantitative estimate of drug-likeness (QED) is 0.675. The number of nitrogens with zero attached hydrogens (tertiary/aromatic N) is 1. The molecule has 0 heterocycles. The van der Waals surface area contributed by atoms with E-state index < -0.39 is 18.5 Å². The molecule has 1 aromatic carbocycles. The van der Waals surface area contributed by atoms with Gasteiger partial charge in [0, 0.05) is 13.1 Å². The van der Waals surface area contributed by atoms with Crippen LogP contribution in [0.2, 0.25) is 0 Å². The molecule has 0 saturated heterocycles. The Bertz CT molecular complexity index is 655. The number of carbonyl (C=O) groups is 3. The third-order valence-corrected chi connectivity index (χ3v) is 3.73. The highest BCUT2D eigenvalue weighted by atomic mass is 16.5. The number of nitrogens with one attached hydrogen (secondary N) is 1. The summed E-state index contributed by atoms with van der Waals surface area (Å²) >= 11 is 0.